The summed E-state index contributed by atoms with van der Waals surface area (Å²) in [5.74, 6) is 0.0482. The highest BCUT2D eigenvalue weighted by Crippen LogP contribution is 2.30. The zero-order valence-corrected chi connectivity index (χ0v) is 8.99. The van der Waals surface area contributed by atoms with Crippen molar-refractivity contribution in [3.8, 4) is 5.75 Å². The van der Waals surface area contributed by atoms with E-state index in [1.54, 1.807) is 19.1 Å². The summed E-state index contributed by atoms with van der Waals surface area (Å²) >= 11 is 5.73. The zero-order valence-electron chi connectivity index (χ0n) is 8.23. The Balaban J connectivity index is 2.82. The van der Waals surface area contributed by atoms with E-state index < -0.39 is 12.3 Å². The topological polar surface area (TPSA) is 9.23 Å². The van der Waals surface area contributed by atoms with Gasteiger partial charge in [0.25, 0.3) is 0 Å². The summed E-state index contributed by atoms with van der Waals surface area (Å²) in [6.07, 6.45) is -6.24. The molecule has 1 aromatic carbocycles. The lowest BCUT2D eigenvalue weighted by atomic mass is 10.2. The van der Waals surface area contributed by atoms with Crippen LogP contribution in [-0.2, 0) is 0 Å². The molecule has 0 amide bonds. The van der Waals surface area contributed by atoms with Crippen molar-refractivity contribution in [2.75, 3.05) is 0 Å². The Kier molecular flexibility index (Phi) is 3.50. The summed E-state index contributed by atoms with van der Waals surface area (Å²) in [6, 6.07) is 4.63. The molecule has 0 aliphatic carbocycles. The largest absolute Gasteiger partial charge is 0.480 e. The molecule has 5 heteroatoms. The number of ether oxygens (including phenoxy) is 1. The summed E-state index contributed by atoms with van der Waals surface area (Å²) in [4.78, 5) is 0. The SMILES string of the molecule is Cc1ccc(OC(C)C(F)(F)F)c(Cl)c1. The van der Waals surface area contributed by atoms with Crippen molar-refractivity contribution in [1.29, 1.82) is 0 Å². The van der Waals surface area contributed by atoms with Gasteiger partial charge in [-0.3, -0.25) is 0 Å². The summed E-state index contributed by atoms with van der Waals surface area (Å²) in [5, 5.41) is 0.186. The highest BCUT2D eigenvalue weighted by Gasteiger charge is 2.38. The standard InChI is InChI=1S/C10H10ClF3O/c1-6-3-4-9(8(11)5-6)15-7(2)10(12,13)14/h3-5,7H,1-2H3. The van der Waals surface area contributed by atoms with Gasteiger partial charge in [-0.2, -0.15) is 13.2 Å². The fourth-order valence-electron chi connectivity index (χ4n) is 0.959. The number of hydrogen-bond acceptors (Lipinski definition) is 1. The molecule has 1 nitrogen and oxygen atoms in total. The molecule has 0 saturated heterocycles. The average Bonchev–Trinajstić information content (AvgIpc) is 2.08. The van der Waals surface area contributed by atoms with Crippen LogP contribution in [-0.4, -0.2) is 12.3 Å². The molecule has 0 N–H and O–H groups in total. The van der Waals surface area contributed by atoms with Gasteiger partial charge in [-0.05, 0) is 31.5 Å². The van der Waals surface area contributed by atoms with Crippen LogP contribution in [0.25, 0.3) is 0 Å². The third-order valence-electron chi connectivity index (χ3n) is 1.85. The van der Waals surface area contributed by atoms with Gasteiger partial charge < -0.3 is 4.74 Å². The molecule has 0 heterocycles. The Morgan fingerprint density at radius 3 is 2.40 bits per heavy atom. The van der Waals surface area contributed by atoms with Crippen molar-refractivity contribution in [2.45, 2.75) is 26.1 Å². The highest BCUT2D eigenvalue weighted by atomic mass is 35.5. The van der Waals surface area contributed by atoms with Crippen LogP contribution < -0.4 is 4.74 Å². The smallest absolute Gasteiger partial charge is 0.425 e. The molecule has 0 aliphatic heterocycles. The molecular weight excluding hydrogens is 229 g/mol. The fourth-order valence-corrected chi connectivity index (χ4v) is 1.24. The lowest BCUT2D eigenvalue weighted by Gasteiger charge is -2.18. The molecule has 0 radical (unpaired) electrons. The molecule has 1 unspecified atom stereocenters. The Morgan fingerprint density at radius 1 is 1.33 bits per heavy atom. The van der Waals surface area contributed by atoms with E-state index >= 15 is 0 Å². The lowest BCUT2D eigenvalue weighted by molar-refractivity contribution is -0.189. The molecule has 1 aromatic rings. The number of rotatable bonds is 2. The molecule has 0 aromatic heterocycles. The van der Waals surface area contributed by atoms with Crippen LogP contribution in [0.1, 0.15) is 12.5 Å². The quantitative estimate of drug-likeness (QED) is 0.757. The van der Waals surface area contributed by atoms with Gasteiger partial charge in [0.15, 0.2) is 6.10 Å². The highest BCUT2D eigenvalue weighted by molar-refractivity contribution is 6.32. The normalized spacial score (nSPS) is 13.7. The minimum Gasteiger partial charge on any atom is -0.480 e. The van der Waals surface area contributed by atoms with Gasteiger partial charge >= 0.3 is 6.18 Å². The number of aryl methyl sites for hydroxylation is 1. The summed E-state index contributed by atoms with van der Waals surface area (Å²) in [6.45, 7) is 2.74. The van der Waals surface area contributed by atoms with E-state index in [1.165, 1.54) is 6.07 Å². The van der Waals surface area contributed by atoms with Crippen molar-refractivity contribution < 1.29 is 17.9 Å². The third-order valence-corrected chi connectivity index (χ3v) is 2.15. The second-order valence-electron chi connectivity index (χ2n) is 3.24. The van der Waals surface area contributed by atoms with Gasteiger partial charge in [-0.25, -0.2) is 0 Å². The summed E-state index contributed by atoms with van der Waals surface area (Å²) in [7, 11) is 0. The van der Waals surface area contributed by atoms with Crippen molar-refractivity contribution in [3.05, 3.63) is 28.8 Å². The first-order valence-electron chi connectivity index (χ1n) is 4.30. The Hall–Kier alpha value is -0.900. The molecule has 1 atom stereocenters. The van der Waals surface area contributed by atoms with E-state index in [4.69, 9.17) is 16.3 Å². The lowest BCUT2D eigenvalue weighted by Crippen LogP contribution is -2.31. The predicted molar refractivity (Wildman–Crippen MR) is 52.3 cm³/mol. The first kappa shape index (κ1) is 12.2. The van der Waals surface area contributed by atoms with Crippen molar-refractivity contribution in [1.82, 2.24) is 0 Å². The van der Waals surface area contributed by atoms with Crippen LogP contribution in [0.4, 0.5) is 13.2 Å². The van der Waals surface area contributed by atoms with Crippen LogP contribution in [0.5, 0.6) is 5.75 Å². The summed E-state index contributed by atoms with van der Waals surface area (Å²) in [5.41, 5.74) is 0.868. The van der Waals surface area contributed by atoms with E-state index in [2.05, 4.69) is 0 Å². The molecule has 0 saturated carbocycles. The molecule has 0 spiro atoms. The van der Waals surface area contributed by atoms with E-state index in [0.717, 1.165) is 12.5 Å². The van der Waals surface area contributed by atoms with Crippen molar-refractivity contribution in [3.63, 3.8) is 0 Å². The summed E-state index contributed by atoms with van der Waals surface area (Å²) < 4.78 is 41.2. The first-order valence-corrected chi connectivity index (χ1v) is 4.68. The number of alkyl halides is 3. The molecule has 84 valence electrons. The fraction of sp³-hybridized carbons (Fsp3) is 0.400. The van der Waals surface area contributed by atoms with Gasteiger partial charge in [0.1, 0.15) is 5.75 Å². The van der Waals surface area contributed by atoms with Gasteiger partial charge in [0, 0.05) is 0 Å². The predicted octanol–water partition coefficient (Wildman–Crippen LogP) is 3.98. The molecule has 15 heavy (non-hydrogen) atoms. The zero-order chi connectivity index (χ0) is 11.6. The molecular formula is C10H10ClF3O. The van der Waals surface area contributed by atoms with Gasteiger partial charge in [-0.15, -0.1) is 0 Å². The van der Waals surface area contributed by atoms with E-state index in [9.17, 15) is 13.2 Å². The second kappa shape index (κ2) is 4.31. The first-order chi connectivity index (χ1) is 6.80. The maximum atomic E-state index is 12.2. The number of benzene rings is 1. The van der Waals surface area contributed by atoms with Gasteiger partial charge in [0.2, 0.25) is 0 Å². The average molecular weight is 239 g/mol. The molecule has 0 bridgehead atoms. The van der Waals surface area contributed by atoms with Crippen LogP contribution in [0.3, 0.4) is 0 Å². The Morgan fingerprint density at radius 2 is 1.93 bits per heavy atom. The Bertz CT molecular complexity index is 349. The van der Waals surface area contributed by atoms with Gasteiger partial charge in [-0.1, -0.05) is 17.7 Å². The van der Waals surface area contributed by atoms with Gasteiger partial charge in [0.05, 0.1) is 5.02 Å². The van der Waals surface area contributed by atoms with Crippen LogP contribution >= 0.6 is 11.6 Å². The minimum atomic E-state index is -4.38. The van der Waals surface area contributed by atoms with Crippen molar-refractivity contribution >= 4 is 11.6 Å². The van der Waals surface area contributed by atoms with E-state index in [-0.39, 0.29) is 10.8 Å². The Labute approximate surface area is 90.8 Å². The van der Waals surface area contributed by atoms with Crippen LogP contribution in [0, 0.1) is 6.92 Å². The maximum Gasteiger partial charge on any atom is 0.425 e. The molecule has 0 fully saturated rings. The molecule has 0 aliphatic rings. The van der Waals surface area contributed by atoms with Crippen molar-refractivity contribution in [2.24, 2.45) is 0 Å². The van der Waals surface area contributed by atoms with Crippen LogP contribution in [0.2, 0.25) is 5.02 Å². The maximum absolute atomic E-state index is 12.2. The second-order valence-corrected chi connectivity index (χ2v) is 3.64. The van der Waals surface area contributed by atoms with E-state index in [1.807, 2.05) is 0 Å². The van der Waals surface area contributed by atoms with E-state index in [0.29, 0.717) is 0 Å². The number of halogens is 4. The third kappa shape index (κ3) is 3.30. The monoisotopic (exact) mass is 238 g/mol. The number of hydrogen-bond donors (Lipinski definition) is 0. The van der Waals surface area contributed by atoms with Crippen LogP contribution in [0.15, 0.2) is 18.2 Å². The minimum absolute atomic E-state index is 0.0482. The molecule has 1 rings (SSSR count).